The van der Waals surface area contributed by atoms with Crippen molar-refractivity contribution in [2.45, 2.75) is 51.6 Å². The van der Waals surface area contributed by atoms with Gasteiger partial charge in [-0.3, -0.25) is 0 Å². The zero-order valence-electron chi connectivity index (χ0n) is 8.18. The Morgan fingerprint density at radius 2 is 1.58 bits per heavy atom. The third-order valence-electron chi connectivity index (χ3n) is 1.84. The highest BCUT2D eigenvalue weighted by Crippen LogP contribution is 2.33. The minimum Gasteiger partial charge on any atom is -0.336 e. The minimum atomic E-state index is -0.497. The molecule has 1 saturated heterocycles. The molecule has 0 bridgehead atoms. The van der Waals surface area contributed by atoms with Crippen molar-refractivity contribution in [1.29, 1.82) is 0 Å². The van der Waals surface area contributed by atoms with Crippen LogP contribution in [0.15, 0.2) is 0 Å². The van der Waals surface area contributed by atoms with Crippen LogP contribution in [0, 0.1) is 12.3 Å². The lowest BCUT2D eigenvalue weighted by atomic mass is 9.91. The fourth-order valence-corrected chi connectivity index (χ4v) is 1.78. The van der Waals surface area contributed by atoms with Gasteiger partial charge in [0.15, 0.2) is 0 Å². The smallest absolute Gasteiger partial charge is 0.223 e. The second-order valence-electron chi connectivity index (χ2n) is 4.43. The maximum Gasteiger partial charge on any atom is 0.223 e. The highest BCUT2D eigenvalue weighted by Gasteiger charge is 2.39. The van der Waals surface area contributed by atoms with Gasteiger partial charge in [0, 0.05) is 6.42 Å². The summed E-state index contributed by atoms with van der Waals surface area (Å²) in [6, 6.07) is 0. The van der Waals surface area contributed by atoms with Crippen molar-refractivity contribution in [3.05, 3.63) is 0 Å². The van der Waals surface area contributed by atoms with Crippen molar-refractivity contribution in [2.24, 2.45) is 0 Å². The molecule has 68 valence electrons. The van der Waals surface area contributed by atoms with Crippen LogP contribution in [0.3, 0.4) is 0 Å². The van der Waals surface area contributed by atoms with Gasteiger partial charge in [0.1, 0.15) is 0 Å². The van der Waals surface area contributed by atoms with Gasteiger partial charge in [-0.25, -0.2) is 0 Å². The number of rotatable bonds is 0. The van der Waals surface area contributed by atoms with E-state index < -0.39 is 6.29 Å². The average molecular weight is 168 g/mol. The molecular formula is C10H16O2. The Morgan fingerprint density at radius 1 is 1.17 bits per heavy atom. The van der Waals surface area contributed by atoms with E-state index in [1.807, 2.05) is 27.7 Å². The molecule has 12 heavy (non-hydrogen) atoms. The van der Waals surface area contributed by atoms with Crippen LogP contribution in [-0.2, 0) is 9.47 Å². The van der Waals surface area contributed by atoms with E-state index in [-0.39, 0.29) is 11.2 Å². The second kappa shape index (κ2) is 2.76. The van der Waals surface area contributed by atoms with E-state index in [4.69, 9.17) is 15.9 Å². The summed E-state index contributed by atoms with van der Waals surface area (Å²) in [6.07, 6.45) is 5.61. The van der Waals surface area contributed by atoms with Crippen molar-refractivity contribution < 1.29 is 9.47 Å². The molecule has 0 aromatic rings. The third-order valence-corrected chi connectivity index (χ3v) is 1.84. The summed E-state index contributed by atoms with van der Waals surface area (Å²) >= 11 is 0. The molecule has 0 aromatic heterocycles. The molecule has 0 spiro atoms. The van der Waals surface area contributed by atoms with Crippen LogP contribution >= 0.6 is 0 Å². The molecule has 1 aliphatic rings. The van der Waals surface area contributed by atoms with Crippen LogP contribution in [0.1, 0.15) is 34.1 Å². The molecule has 1 fully saturated rings. The fourth-order valence-electron chi connectivity index (χ4n) is 1.78. The van der Waals surface area contributed by atoms with E-state index in [1.165, 1.54) is 0 Å². The maximum atomic E-state index is 5.50. The van der Waals surface area contributed by atoms with Gasteiger partial charge in [-0.05, 0) is 33.6 Å². The molecule has 0 radical (unpaired) electrons. The number of terminal acetylenes is 1. The zero-order chi connectivity index (χ0) is 9.41. The van der Waals surface area contributed by atoms with Gasteiger partial charge in [-0.2, -0.15) is 0 Å². The lowest BCUT2D eigenvalue weighted by Crippen LogP contribution is -2.48. The molecule has 0 aromatic carbocycles. The van der Waals surface area contributed by atoms with Crippen LogP contribution in [0.25, 0.3) is 0 Å². The summed E-state index contributed by atoms with van der Waals surface area (Å²) < 4.78 is 11.0. The number of ether oxygens (including phenoxy) is 2. The Kier molecular flexibility index (Phi) is 2.20. The summed E-state index contributed by atoms with van der Waals surface area (Å²) in [5.41, 5.74) is -0.364. The second-order valence-corrected chi connectivity index (χ2v) is 4.43. The van der Waals surface area contributed by atoms with E-state index >= 15 is 0 Å². The molecule has 0 N–H and O–H groups in total. The standard InChI is InChI=1S/C10H16O2/c1-6-8-11-9(2,3)7-10(4,5)12-8/h1,8H,7H2,2-5H3. The lowest BCUT2D eigenvalue weighted by molar-refractivity contribution is -0.275. The number of hydrogen-bond donors (Lipinski definition) is 0. The van der Waals surface area contributed by atoms with Crippen LogP contribution in [-0.4, -0.2) is 17.5 Å². The SMILES string of the molecule is C#CC1OC(C)(C)CC(C)(C)O1. The molecule has 1 heterocycles. The van der Waals surface area contributed by atoms with Gasteiger partial charge in [0.25, 0.3) is 0 Å². The molecule has 0 unspecified atom stereocenters. The highest BCUT2D eigenvalue weighted by atomic mass is 16.7. The van der Waals surface area contributed by atoms with Crippen LogP contribution in [0.2, 0.25) is 0 Å². The molecule has 1 rings (SSSR count). The fraction of sp³-hybridized carbons (Fsp3) is 0.800. The Labute approximate surface area is 74.2 Å². The molecule has 1 aliphatic heterocycles. The van der Waals surface area contributed by atoms with Gasteiger partial charge in [0.2, 0.25) is 6.29 Å². The summed E-state index contributed by atoms with van der Waals surface area (Å²) in [6.45, 7) is 8.12. The molecular weight excluding hydrogens is 152 g/mol. The van der Waals surface area contributed by atoms with E-state index in [0.717, 1.165) is 6.42 Å². The Hall–Kier alpha value is -0.520. The van der Waals surface area contributed by atoms with E-state index in [1.54, 1.807) is 0 Å². The van der Waals surface area contributed by atoms with Gasteiger partial charge >= 0.3 is 0 Å². The van der Waals surface area contributed by atoms with Gasteiger partial charge in [0.05, 0.1) is 11.2 Å². The first-order chi connectivity index (χ1) is 5.35. The highest BCUT2D eigenvalue weighted by molar-refractivity contribution is 4.96. The van der Waals surface area contributed by atoms with Crippen molar-refractivity contribution in [1.82, 2.24) is 0 Å². The quantitative estimate of drug-likeness (QED) is 0.515. The molecule has 2 nitrogen and oxygen atoms in total. The van der Waals surface area contributed by atoms with Crippen LogP contribution in [0.4, 0.5) is 0 Å². The largest absolute Gasteiger partial charge is 0.336 e. The van der Waals surface area contributed by atoms with E-state index in [2.05, 4.69) is 5.92 Å². The molecule has 2 heteroatoms. The Balaban J connectivity index is 2.75. The monoisotopic (exact) mass is 168 g/mol. The predicted octanol–water partition coefficient (Wildman–Crippen LogP) is 1.94. The summed E-state index contributed by atoms with van der Waals surface area (Å²) in [5.74, 6) is 2.47. The van der Waals surface area contributed by atoms with Crippen molar-refractivity contribution in [2.75, 3.05) is 0 Å². The first-order valence-electron chi connectivity index (χ1n) is 4.16. The first-order valence-corrected chi connectivity index (χ1v) is 4.16. The maximum absolute atomic E-state index is 5.50. The molecule has 0 amide bonds. The molecule has 0 aliphatic carbocycles. The van der Waals surface area contributed by atoms with E-state index in [0.29, 0.717) is 0 Å². The topological polar surface area (TPSA) is 18.5 Å². The third kappa shape index (κ3) is 2.23. The van der Waals surface area contributed by atoms with Gasteiger partial charge in [-0.15, -0.1) is 6.42 Å². The summed E-state index contributed by atoms with van der Waals surface area (Å²) in [4.78, 5) is 0. The summed E-state index contributed by atoms with van der Waals surface area (Å²) in [7, 11) is 0. The van der Waals surface area contributed by atoms with E-state index in [9.17, 15) is 0 Å². The van der Waals surface area contributed by atoms with Crippen LogP contribution < -0.4 is 0 Å². The Bertz CT molecular complexity index is 194. The summed E-state index contributed by atoms with van der Waals surface area (Å²) in [5, 5.41) is 0. The Morgan fingerprint density at radius 3 is 1.92 bits per heavy atom. The first kappa shape index (κ1) is 9.57. The average Bonchev–Trinajstić information content (AvgIpc) is 1.80. The number of hydrogen-bond acceptors (Lipinski definition) is 2. The van der Waals surface area contributed by atoms with Crippen molar-refractivity contribution in [3.63, 3.8) is 0 Å². The normalized spacial score (nSPS) is 27.9. The van der Waals surface area contributed by atoms with Gasteiger partial charge in [-0.1, -0.05) is 0 Å². The zero-order valence-corrected chi connectivity index (χ0v) is 8.18. The minimum absolute atomic E-state index is 0.182. The molecule has 0 saturated carbocycles. The molecule has 0 atom stereocenters. The van der Waals surface area contributed by atoms with Gasteiger partial charge < -0.3 is 9.47 Å². The van der Waals surface area contributed by atoms with Crippen molar-refractivity contribution in [3.8, 4) is 12.3 Å². The lowest BCUT2D eigenvalue weighted by Gasteiger charge is -2.43. The van der Waals surface area contributed by atoms with Crippen LogP contribution in [0.5, 0.6) is 0 Å². The van der Waals surface area contributed by atoms with Crippen molar-refractivity contribution >= 4 is 0 Å². The predicted molar refractivity (Wildman–Crippen MR) is 47.6 cm³/mol.